The zero-order valence-electron chi connectivity index (χ0n) is 22.8. The number of hydrogen-bond donors (Lipinski definition) is 1. The maximum atomic E-state index is 13.7. The molecule has 1 N–H and O–H groups in total. The minimum atomic E-state index is -4.67. The largest absolute Gasteiger partial charge is 0.416 e. The summed E-state index contributed by atoms with van der Waals surface area (Å²) in [6.45, 7) is 8.34. The van der Waals surface area contributed by atoms with E-state index in [1.807, 2.05) is 32.0 Å². The van der Waals surface area contributed by atoms with Crippen LogP contribution in [-0.4, -0.2) is 56.1 Å². The van der Waals surface area contributed by atoms with E-state index in [2.05, 4.69) is 10.2 Å². The van der Waals surface area contributed by atoms with Gasteiger partial charge >= 0.3 is 6.18 Å². The van der Waals surface area contributed by atoms with Crippen molar-refractivity contribution in [1.29, 1.82) is 5.26 Å². The molecule has 1 heterocycles. The molecule has 39 heavy (non-hydrogen) atoms. The van der Waals surface area contributed by atoms with Crippen molar-refractivity contribution in [3.63, 3.8) is 0 Å². The van der Waals surface area contributed by atoms with E-state index in [9.17, 15) is 22.8 Å². The average Bonchev–Trinajstić information content (AvgIpc) is 2.89. The number of nitrogens with one attached hydrogen (secondary N) is 1. The number of para-hydroxylation sites is 1. The Balaban J connectivity index is 1.74. The van der Waals surface area contributed by atoms with Crippen molar-refractivity contribution in [2.45, 2.75) is 52.3 Å². The summed E-state index contributed by atoms with van der Waals surface area (Å²) >= 11 is 0. The molecule has 2 amide bonds. The molecule has 1 unspecified atom stereocenters. The van der Waals surface area contributed by atoms with E-state index in [0.29, 0.717) is 13.1 Å². The standard InChI is InChI=1S/C29H35F3N4O3/c1-19-6-5-7-20(2)27(19)36(13-12-35-10-8-25(39-4)9-11-35)28(38)21(3)14-26(37)34-24-16-22(18-33)15-23(17-24)29(30,31)32/h5-7,15-17,21,25H,8-14H2,1-4H3,(H,34,37). The van der Waals surface area contributed by atoms with Gasteiger partial charge < -0.3 is 19.9 Å². The lowest BCUT2D eigenvalue weighted by Gasteiger charge is -2.34. The highest BCUT2D eigenvalue weighted by Crippen LogP contribution is 2.32. The molecule has 210 valence electrons. The van der Waals surface area contributed by atoms with Gasteiger partial charge in [0.25, 0.3) is 0 Å². The Kier molecular flexibility index (Phi) is 10.1. The number of alkyl halides is 3. The van der Waals surface area contributed by atoms with Crippen LogP contribution < -0.4 is 10.2 Å². The zero-order chi connectivity index (χ0) is 28.7. The summed E-state index contributed by atoms with van der Waals surface area (Å²) < 4.78 is 45.1. The fraction of sp³-hybridized carbons (Fsp3) is 0.483. The summed E-state index contributed by atoms with van der Waals surface area (Å²) in [6.07, 6.45) is -2.80. The first kappa shape index (κ1) is 30.1. The molecule has 1 atom stereocenters. The van der Waals surface area contributed by atoms with Crippen LogP contribution in [0.3, 0.4) is 0 Å². The number of hydrogen-bond acceptors (Lipinski definition) is 5. The summed E-state index contributed by atoms with van der Waals surface area (Å²) in [4.78, 5) is 30.5. The van der Waals surface area contributed by atoms with E-state index >= 15 is 0 Å². The maximum Gasteiger partial charge on any atom is 0.416 e. The average molecular weight is 545 g/mol. The molecule has 10 heteroatoms. The van der Waals surface area contributed by atoms with Crippen LogP contribution in [0.4, 0.5) is 24.5 Å². The minimum Gasteiger partial charge on any atom is -0.381 e. The third-order valence-corrected chi connectivity index (χ3v) is 7.07. The molecule has 0 aliphatic carbocycles. The van der Waals surface area contributed by atoms with Gasteiger partial charge in [0.15, 0.2) is 0 Å². The topological polar surface area (TPSA) is 85.7 Å². The Labute approximate surface area is 227 Å². The molecule has 3 rings (SSSR count). The molecule has 2 aromatic carbocycles. The first-order valence-electron chi connectivity index (χ1n) is 13.0. The van der Waals surface area contributed by atoms with Gasteiger partial charge in [-0.05, 0) is 56.0 Å². The second kappa shape index (κ2) is 13.1. The molecule has 0 spiro atoms. The van der Waals surface area contributed by atoms with Crippen LogP contribution in [0, 0.1) is 31.1 Å². The van der Waals surface area contributed by atoms with E-state index in [1.165, 1.54) is 6.07 Å². The summed E-state index contributed by atoms with van der Waals surface area (Å²) in [6, 6.07) is 10.2. The Hall–Kier alpha value is -3.42. The highest BCUT2D eigenvalue weighted by Gasteiger charge is 2.32. The molecule has 1 aliphatic heterocycles. The van der Waals surface area contributed by atoms with Gasteiger partial charge in [-0.1, -0.05) is 25.1 Å². The predicted octanol–water partition coefficient (Wildman–Crippen LogP) is 5.30. The van der Waals surface area contributed by atoms with Gasteiger partial charge in [-0.25, -0.2) is 0 Å². The van der Waals surface area contributed by atoms with Crippen molar-refractivity contribution >= 4 is 23.2 Å². The number of piperidine rings is 1. The monoisotopic (exact) mass is 544 g/mol. The molecule has 1 fully saturated rings. The van der Waals surface area contributed by atoms with Crippen LogP contribution in [0.5, 0.6) is 0 Å². The molecule has 0 bridgehead atoms. The number of rotatable bonds is 9. The van der Waals surface area contributed by atoms with Crippen molar-refractivity contribution in [1.82, 2.24) is 4.90 Å². The fourth-order valence-corrected chi connectivity index (χ4v) is 4.95. The van der Waals surface area contributed by atoms with Crippen LogP contribution >= 0.6 is 0 Å². The number of benzene rings is 2. The van der Waals surface area contributed by atoms with Crippen molar-refractivity contribution in [3.8, 4) is 6.07 Å². The molecule has 7 nitrogen and oxygen atoms in total. The first-order valence-corrected chi connectivity index (χ1v) is 13.0. The number of carbonyl (C=O) groups excluding carboxylic acids is 2. The second-order valence-electron chi connectivity index (χ2n) is 10.1. The van der Waals surface area contributed by atoms with E-state index in [0.717, 1.165) is 54.9 Å². The number of nitrogens with zero attached hydrogens (tertiary/aromatic N) is 3. The van der Waals surface area contributed by atoms with Gasteiger partial charge in [-0.3, -0.25) is 9.59 Å². The molecule has 0 aromatic heterocycles. The molecule has 0 radical (unpaired) electrons. The van der Waals surface area contributed by atoms with Gasteiger partial charge in [0.2, 0.25) is 11.8 Å². The number of halogens is 3. The maximum absolute atomic E-state index is 13.7. The van der Waals surface area contributed by atoms with E-state index in [4.69, 9.17) is 10.00 Å². The third-order valence-electron chi connectivity index (χ3n) is 7.07. The number of ether oxygens (including phenoxy) is 1. The van der Waals surface area contributed by atoms with Crippen LogP contribution in [-0.2, 0) is 20.5 Å². The summed E-state index contributed by atoms with van der Waals surface area (Å²) in [7, 11) is 1.72. The Morgan fingerprint density at radius 3 is 2.38 bits per heavy atom. The number of likely N-dealkylation sites (tertiary alicyclic amines) is 1. The van der Waals surface area contributed by atoms with Gasteiger partial charge in [0.1, 0.15) is 0 Å². The summed E-state index contributed by atoms with van der Waals surface area (Å²) in [5.74, 6) is -1.58. The fourth-order valence-electron chi connectivity index (χ4n) is 4.95. The highest BCUT2D eigenvalue weighted by molar-refractivity contribution is 6.00. The molecule has 1 aliphatic rings. The lowest BCUT2D eigenvalue weighted by molar-refractivity contribution is -0.137. The lowest BCUT2D eigenvalue weighted by Crippen LogP contribution is -2.45. The molecule has 0 saturated carbocycles. The van der Waals surface area contributed by atoms with Crippen LogP contribution in [0.15, 0.2) is 36.4 Å². The quantitative estimate of drug-likeness (QED) is 0.463. The predicted molar refractivity (Wildman–Crippen MR) is 143 cm³/mol. The molecular formula is C29H35F3N4O3. The minimum absolute atomic E-state index is 0.142. The van der Waals surface area contributed by atoms with Gasteiger partial charge in [-0.15, -0.1) is 0 Å². The van der Waals surface area contributed by atoms with E-state index in [-0.39, 0.29) is 29.7 Å². The Morgan fingerprint density at radius 2 is 1.82 bits per heavy atom. The molecular weight excluding hydrogens is 509 g/mol. The van der Waals surface area contributed by atoms with Crippen LogP contribution in [0.1, 0.15) is 48.4 Å². The third kappa shape index (κ3) is 8.04. The second-order valence-corrected chi connectivity index (χ2v) is 10.1. The Bertz CT molecular complexity index is 1200. The van der Waals surface area contributed by atoms with Crippen LogP contribution in [0.25, 0.3) is 0 Å². The highest BCUT2D eigenvalue weighted by atomic mass is 19.4. The SMILES string of the molecule is COC1CCN(CCN(C(=O)C(C)CC(=O)Nc2cc(C#N)cc(C(F)(F)F)c2)c2c(C)cccc2C)CC1. The molecule has 1 saturated heterocycles. The normalized spacial score (nSPS) is 15.4. The first-order chi connectivity index (χ1) is 18.4. The van der Waals surface area contributed by atoms with Crippen molar-refractivity contribution < 1.29 is 27.5 Å². The number of carbonyl (C=O) groups is 2. The van der Waals surface area contributed by atoms with Gasteiger partial charge in [0, 0.05) is 57.0 Å². The van der Waals surface area contributed by atoms with E-state index < -0.39 is 23.6 Å². The number of aryl methyl sites for hydroxylation is 2. The van der Waals surface area contributed by atoms with Crippen LogP contribution in [0.2, 0.25) is 0 Å². The Morgan fingerprint density at radius 1 is 1.18 bits per heavy atom. The van der Waals surface area contributed by atoms with Gasteiger partial charge in [0.05, 0.1) is 23.3 Å². The number of anilines is 2. The zero-order valence-corrected chi connectivity index (χ0v) is 22.8. The number of amides is 2. The van der Waals surface area contributed by atoms with E-state index in [1.54, 1.807) is 25.0 Å². The number of methoxy groups -OCH3 is 1. The van der Waals surface area contributed by atoms with Crippen molar-refractivity contribution in [3.05, 3.63) is 58.7 Å². The van der Waals surface area contributed by atoms with Crippen molar-refractivity contribution in [2.75, 3.05) is 43.5 Å². The summed E-state index contributed by atoms with van der Waals surface area (Å²) in [5, 5.41) is 11.5. The van der Waals surface area contributed by atoms with Crippen molar-refractivity contribution in [2.24, 2.45) is 5.92 Å². The smallest absolute Gasteiger partial charge is 0.381 e. The number of nitriles is 1. The lowest BCUT2D eigenvalue weighted by atomic mass is 10.0. The summed E-state index contributed by atoms with van der Waals surface area (Å²) in [5.41, 5.74) is 1.28. The van der Waals surface area contributed by atoms with Gasteiger partial charge in [-0.2, -0.15) is 18.4 Å². The molecule has 2 aromatic rings.